The van der Waals surface area contributed by atoms with E-state index in [9.17, 15) is 0 Å². The van der Waals surface area contributed by atoms with E-state index in [4.69, 9.17) is 12.2 Å². The zero-order valence-corrected chi connectivity index (χ0v) is 9.81. The Balaban J connectivity index is 2.19. The number of nitrogens with two attached hydrogens (primary N) is 1. The molecule has 3 heteroatoms. The molecule has 0 spiro atoms. The quantitative estimate of drug-likeness (QED) is 0.738. The predicted octanol–water partition coefficient (Wildman–Crippen LogP) is 2.49. The Morgan fingerprint density at radius 3 is 2.80 bits per heavy atom. The van der Waals surface area contributed by atoms with Crippen molar-refractivity contribution in [3.05, 3.63) is 16.1 Å². The monoisotopic (exact) mass is 220 g/mol. The lowest BCUT2D eigenvalue weighted by atomic mass is 9.78. The van der Waals surface area contributed by atoms with Crippen molar-refractivity contribution in [2.24, 2.45) is 11.7 Å². The van der Waals surface area contributed by atoms with Gasteiger partial charge in [-0.25, -0.2) is 4.98 Å². The largest absolute Gasteiger partial charge is 0.319 e. The van der Waals surface area contributed by atoms with Gasteiger partial charge in [0.05, 0.1) is 5.54 Å². The highest BCUT2D eigenvalue weighted by Crippen LogP contribution is 2.38. The highest BCUT2D eigenvalue weighted by Gasteiger charge is 2.34. The summed E-state index contributed by atoms with van der Waals surface area (Å²) in [7, 11) is 0. The molecule has 0 aliphatic heterocycles. The average molecular weight is 220 g/mol. The third kappa shape index (κ3) is 2.06. The molecule has 1 aromatic heterocycles. The zero-order valence-electron chi connectivity index (χ0n) is 8.99. The van der Waals surface area contributed by atoms with Crippen LogP contribution >= 0.6 is 11.3 Å². The Kier molecular flexibility index (Phi) is 2.81. The number of rotatable bonds is 1. The van der Waals surface area contributed by atoms with E-state index in [0.717, 1.165) is 29.5 Å². The third-order valence-corrected chi connectivity index (χ3v) is 4.31. The fourth-order valence-electron chi connectivity index (χ4n) is 2.06. The van der Waals surface area contributed by atoms with Crippen LogP contribution in [0.5, 0.6) is 0 Å². The second kappa shape index (κ2) is 3.96. The Hall–Kier alpha value is -0.850. The van der Waals surface area contributed by atoms with Crippen molar-refractivity contribution in [1.29, 1.82) is 0 Å². The molecule has 0 radical (unpaired) electrons. The van der Waals surface area contributed by atoms with Crippen LogP contribution < -0.4 is 5.73 Å². The Bertz CT molecular complexity index is 381. The molecule has 2 rings (SSSR count). The molecule has 0 unspecified atom stereocenters. The van der Waals surface area contributed by atoms with Gasteiger partial charge in [0.2, 0.25) is 0 Å². The molecule has 1 fully saturated rings. The van der Waals surface area contributed by atoms with Gasteiger partial charge in [0.25, 0.3) is 0 Å². The van der Waals surface area contributed by atoms with Gasteiger partial charge in [0.1, 0.15) is 10.7 Å². The van der Waals surface area contributed by atoms with E-state index in [0.29, 0.717) is 0 Å². The van der Waals surface area contributed by atoms with Crippen molar-refractivity contribution in [2.45, 2.75) is 38.1 Å². The van der Waals surface area contributed by atoms with Gasteiger partial charge in [0, 0.05) is 5.38 Å². The van der Waals surface area contributed by atoms with Crippen molar-refractivity contribution in [1.82, 2.24) is 4.98 Å². The minimum Gasteiger partial charge on any atom is -0.319 e. The molecule has 2 N–H and O–H groups in total. The normalized spacial score (nSPS) is 31.1. The lowest BCUT2D eigenvalue weighted by molar-refractivity contribution is 0.247. The molecule has 0 aromatic carbocycles. The summed E-state index contributed by atoms with van der Waals surface area (Å²) in [5.74, 6) is 3.36. The van der Waals surface area contributed by atoms with Crippen molar-refractivity contribution in [2.75, 3.05) is 0 Å². The van der Waals surface area contributed by atoms with Crippen LogP contribution in [0.25, 0.3) is 0 Å². The van der Waals surface area contributed by atoms with Crippen LogP contribution in [-0.2, 0) is 5.54 Å². The standard InChI is InChI=1S/C12H16N2S/c1-3-10-8-15-11(14-10)12(13)6-4-9(2)5-7-12/h1,8-9H,4-7,13H2,2H3. The van der Waals surface area contributed by atoms with Crippen molar-refractivity contribution in [3.8, 4) is 12.3 Å². The van der Waals surface area contributed by atoms with E-state index in [2.05, 4.69) is 17.8 Å². The number of aromatic nitrogens is 1. The summed E-state index contributed by atoms with van der Waals surface area (Å²) >= 11 is 1.60. The maximum absolute atomic E-state index is 6.39. The summed E-state index contributed by atoms with van der Waals surface area (Å²) in [5, 5.41) is 2.93. The Morgan fingerprint density at radius 2 is 2.27 bits per heavy atom. The van der Waals surface area contributed by atoms with Crippen molar-refractivity contribution < 1.29 is 0 Å². The first-order valence-electron chi connectivity index (χ1n) is 5.35. The molecule has 15 heavy (non-hydrogen) atoms. The van der Waals surface area contributed by atoms with E-state index in [1.807, 2.05) is 5.38 Å². The third-order valence-electron chi connectivity index (χ3n) is 3.24. The predicted molar refractivity (Wildman–Crippen MR) is 63.5 cm³/mol. The molecule has 1 aromatic rings. The van der Waals surface area contributed by atoms with E-state index >= 15 is 0 Å². The molecule has 0 saturated heterocycles. The van der Waals surface area contributed by atoms with Crippen LogP contribution in [0.1, 0.15) is 43.3 Å². The molecule has 0 amide bonds. The van der Waals surface area contributed by atoms with Crippen LogP contribution in [0.15, 0.2) is 5.38 Å². The summed E-state index contributed by atoms with van der Waals surface area (Å²) in [6.07, 6.45) is 9.77. The Labute approximate surface area is 94.9 Å². The first kappa shape index (κ1) is 10.7. The van der Waals surface area contributed by atoms with Crippen LogP contribution in [0.3, 0.4) is 0 Å². The number of terminal acetylenes is 1. The first-order chi connectivity index (χ1) is 7.14. The van der Waals surface area contributed by atoms with Gasteiger partial charge < -0.3 is 5.73 Å². The summed E-state index contributed by atoms with van der Waals surface area (Å²) in [5.41, 5.74) is 6.89. The van der Waals surface area contributed by atoms with Gasteiger partial charge in [-0.15, -0.1) is 17.8 Å². The molecule has 1 aliphatic carbocycles. The summed E-state index contributed by atoms with van der Waals surface area (Å²) < 4.78 is 0. The fraction of sp³-hybridized carbons (Fsp3) is 0.583. The van der Waals surface area contributed by atoms with Gasteiger partial charge in [-0.1, -0.05) is 6.92 Å². The van der Waals surface area contributed by atoms with E-state index < -0.39 is 0 Å². The van der Waals surface area contributed by atoms with E-state index in [1.165, 1.54) is 12.8 Å². The summed E-state index contributed by atoms with van der Waals surface area (Å²) in [4.78, 5) is 4.41. The van der Waals surface area contributed by atoms with E-state index in [1.54, 1.807) is 11.3 Å². The van der Waals surface area contributed by atoms with Crippen molar-refractivity contribution >= 4 is 11.3 Å². The van der Waals surface area contributed by atoms with Gasteiger partial charge in [0.15, 0.2) is 0 Å². The molecule has 0 bridgehead atoms. The van der Waals surface area contributed by atoms with Gasteiger partial charge in [-0.3, -0.25) is 0 Å². The van der Waals surface area contributed by atoms with Crippen LogP contribution in [0.4, 0.5) is 0 Å². The number of hydrogen-bond acceptors (Lipinski definition) is 3. The first-order valence-corrected chi connectivity index (χ1v) is 6.23. The second-order valence-corrected chi connectivity index (χ2v) is 5.38. The number of hydrogen-bond donors (Lipinski definition) is 1. The van der Waals surface area contributed by atoms with Crippen LogP contribution in [0, 0.1) is 18.3 Å². The second-order valence-electron chi connectivity index (χ2n) is 4.52. The SMILES string of the molecule is C#Cc1csc(C2(N)CCC(C)CC2)n1. The smallest absolute Gasteiger partial charge is 0.124 e. The number of thiazole rings is 1. The lowest BCUT2D eigenvalue weighted by Crippen LogP contribution is -2.40. The zero-order chi connectivity index (χ0) is 10.9. The molecule has 2 nitrogen and oxygen atoms in total. The summed E-state index contributed by atoms with van der Waals surface area (Å²) in [6.45, 7) is 2.29. The molecule has 1 aliphatic rings. The van der Waals surface area contributed by atoms with Crippen LogP contribution in [-0.4, -0.2) is 4.98 Å². The maximum atomic E-state index is 6.39. The van der Waals surface area contributed by atoms with E-state index in [-0.39, 0.29) is 5.54 Å². The Morgan fingerprint density at radius 1 is 1.60 bits per heavy atom. The van der Waals surface area contributed by atoms with Crippen molar-refractivity contribution in [3.63, 3.8) is 0 Å². The molecule has 80 valence electrons. The average Bonchev–Trinajstić information content (AvgIpc) is 2.72. The molecule has 1 heterocycles. The lowest BCUT2D eigenvalue weighted by Gasteiger charge is -2.34. The van der Waals surface area contributed by atoms with Gasteiger partial charge in [-0.05, 0) is 37.5 Å². The minimum atomic E-state index is -0.216. The van der Waals surface area contributed by atoms with Gasteiger partial charge >= 0.3 is 0 Å². The molecule has 0 atom stereocenters. The topological polar surface area (TPSA) is 38.9 Å². The maximum Gasteiger partial charge on any atom is 0.124 e. The molecule has 1 saturated carbocycles. The number of nitrogens with zero attached hydrogens (tertiary/aromatic N) is 1. The highest BCUT2D eigenvalue weighted by molar-refractivity contribution is 7.09. The van der Waals surface area contributed by atoms with Gasteiger partial charge in [-0.2, -0.15) is 0 Å². The minimum absolute atomic E-state index is 0.216. The fourth-order valence-corrected chi connectivity index (χ4v) is 2.99. The highest BCUT2D eigenvalue weighted by atomic mass is 32.1. The molecular formula is C12H16N2S. The molecular weight excluding hydrogens is 204 g/mol. The summed E-state index contributed by atoms with van der Waals surface area (Å²) in [6, 6.07) is 0. The van der Waals surface area contributed by atoms with Crippen LogP contribution in [0.2, 0.25) is 0 Å².